The third-order valence-corrected chi connectivity index (χ3v) is 2.23. The summed E-state index contributed by atoms with van der Waals surface area (Å²) in [5.41, 5.74) is 8.06. The summed E-state index contributed by atoms with van der Waals surface area (Å²) >= 11 is 0. The fourth-order valence-electron chi connectivity index (χ4n) is 1.48. The summed E-state index contributed by atoms with van der Waals surface area (Å²) in [5, 5.41) is 0. The van der Waals surface area contributed by atoms with Crippen molar-refractivity contribution < 1.29 is 9.47 Å². The van der Waals surface area contributed by atoms with Gasteiger partial charge in [-0.15, -0.1) is 0 Å². The van der Waals surface area contributed by atoms with Crippen LogP contribution >= 0.6 is 0 Å². The van der Waals surface area contributed by atoms with Gasteiger partial charge in [0.15, 0.2) is 0 Å². The van der Waals surface area contributed by atoms with Crippen LogP contribution < -0.4 is 10.5 Å². The zero-order chi connectivity index (χ0) is 11.3. The smallest absolute Gasteiger partial charge is 0.125 e. The molecule has 84 valence electrons. The minimum absolute atomic E-state index is 0.0750. The molecule has 1 aromatic carbocycles. The lowest BCUT2D eigenvalue weighted by Gasteiger charge is -2.15. The number of hydrogen-bond acceptors (Lipinski definition) is 3. The minimum Gasteiger partial charge on any atom is -0.491 e. The first-order valence-corrected chi connectivity index (χ1v) is 5.08. The molecule has 1 atom stereocenters. The van der Waals surface area contributed by atoms with Crippen LogP contribution in [0.25, 0.3) is 0 Å². The van der Waals surface area contributed by atoms with Crippen molar-refractivity contribution in [2.24, 2.45) is 5.73 Å². The lowest BCUT2D eigenvalue weighted by molar-refractivity contribution is 0.152. The van der Waals surface area contributed by atoms with Crippen LogP contribution in [0, 0.1) is 13.8 Å². The summed E-state index contributed by atoms with van der Waals surface area (Å²) in [5.74, 6) is 0.934. The Hall–Kier alpha value is -1.06. The topological polar surface area (TPSA) is 44.5 Å². The SMILES string of the molecule is COCC(N)COc1c(C)cccc1C. The van der Waals surface area contributed by atoms with Gasteiger partial charge in [0.05, 0.1) is 12.6 Å². The average molecular weight is 209 g/mol. The average Bonchev–Trinajstić information content (AvgIpc) is 2.17. The highest BCUT2D eigenvalue weighted by atomic mass is 16.5. The molecule has 0 spiro atoms. The molecule has 1 rings (SSSR count). The standard InChI is InChI=1S/C12H19NO2/c1-9-5-4-6-10(2)12(9)15-8-11(13)7-14-3/h4-6,11H,7-8,13H2,1-3H3. The van der Waals surface area contributed by atoms with E-state index in [0.29, 0.717) is 13.2 Å². The van der Waals surface area contributed by atoms with Crippen molar-refractivity contribution >= 4 is 0 Å². The van der Waals surface area contributed by atoms with Crippen LogP contribution in [-0.4, -0.2) is 26.4 Å². The molecule has 3 heteroatoms. The number of rotatable bonds is 5. The molecule has 1 aromatic rings. The maximum atomic E-state index is 5.78. The van der Waals surface area contributed by atoms with Crippen molar-refractivity contribution in [2.75, 3.05) is 20.3 Å². The van der Waals surface area contributed by atoms with E-state index in [-0.39, 0.29) is 6.04 Å². The molecular weight excluding hydrogens is 190 g/mol. The largest absolute Gasteiger partial charge is 0.491 e. The second-order valence-corrected chi connectivity index (χ2v) is 3.75. The molecule has 0 saturated heterocycles. The maximum Gasteiger partial charge on any atom is 0.125 e. The van der Waals surface area contributed by atoms with Gasteiger partial charge in [-0.25, -0.2) is 0 Å². The Morgan fingerprint density at radius 3 is 2.33 bits per heavy atom. The monoisotopic (exact) mass is 209 g/mol. The van der Waals surface area contributed by atoms with Gasteiger partial charge in [0, 0.05) is 7.11 Å². The fourth-order valence-corrected chi connectivity index (χ4v) is 1.48. The van der Waals surface area contributed by atoms with Crippen LogP contribution in [0.3, 0.4) is 0 Å². The predicted octanol–water partition coefficient (Wildman–Crippen LogP) is 1.66. The summed E-state index contributed by atoms with van der Waals surface area (Å²) in [7, 11) is 1.64. The number of nitrogens with two attached hydrogens (primary N) is 1. The lowest BCUT2D eigenvalue weighted by atomic mass is 10.1. The summed E-state index contributed by atoms with van der Waals surface area (Å²) in [6.07, 6.45) is 0. The van der Waals surface area contributed by atoms with Gasteiger partial charge in [0.2, 0.25) is 0 Å². The molecular formula is C12H19NO2. The Labute approximate surface area is 91.2 Å². The van der Waals surface area contributed by atoms with Crippen molar-refractivity contribution in [3.63, 3.8) is 0 Å². The number of hydrogen-bond donors (Lipinski definition) is 1. The van der Waals surface area contributed by atoms with Crippen LogP contribution in [0.1, 0.15) is 11.1 Å². The van der Waals surface area contributed by atoms with E-state index in [2.05, 4.69) is 0 Å². The molecule has 1 unspecified atom stereocenters. The van der Waals surface area contributed by atoms with Crippen molar-refractivity contribution in [1.82, 2.24) is 0 Å². The number of ether oxygens (including phenoxy) is 2. The van der Waals surface area contributed by atoms with Crippen molar-refractivity contribution in [1.29, 1.82) is 0 Å². The Bertz CT molecular complexity index is 292. The molecule has 0 bridgehead atoms. The van der Waals surface area contributed by atoms with Gasteiger partial charge in [-0.05, 0) is 25.0 Å². The molecule has 0 saturated carbocycles. The van der Waals surface area contributed by atoms with Gasteiger partial charge < -0.3 is 15.2 Å². The van der Waals surface area contributed by atoms with Gasteiger partial charge >= 0.3 is 0 Å². The number of para-hydroxylation sites is 1. The molecule has 0 fully saturated rings. The summed E-state index contributed by atoms with van der Waals surface area (Å²) in [6.45, 7) is 5.07. The summed E-state index contributed by atoms with van der Waals surface area (Å²) in [4.78, 5) is 0. The quantitative estimate of drug-likeness (QED) is 0.802. The van der Waals surface area contributed by atoms with Crippen molar-refractivity contribution in [3.05, 3.63) is 29.3 Å². The number of benzene rings is 1. The highest BCUT2D eigenvalue weighted by Gasteiger charge is 2.06. The van der Waals surface area contributed by atoms with Crippen molar-refractivity contribution in [2.45, 2.75) is 19.9 Å². The number of aryl methyl sites for hydroxylation is 2. The van der Waals surface area contributed by atoms with Gasteiger partial charge in [0.1, 0.15) is 12.4 Å². The third kappa shape index (κ3) is 3.53. The van der Waals surface area contributed by atoms with Crippen LogP contribution in [0.15, 0.2) is 18.2 Å². The van der Waals surface area contributed by atoms with Gasteiger partial charge in [-0.1, -0.05) is 18.2 Å². The number of methoxy groups -OCH3 is 1. The Morgan fingerprint density at radius 1 is 1.20 bits per heavy atom. The van der Waals surface area contributed by atoms with E-state index in [1.807, 2.05) is 32.0 Å². The molecule has 0 aliphatic heterocycles. The normalized spacial score (nSPS) is 12.5. The third-order valence-electron chi connectivity index (χ3n) is 2.23. The maximum absolute atomic E-state index is 5.78. The molecule has 0 aliphatic rings. The first kappa shape index (κ1) is 12.0. The van der Waals surface area contributed by atoms with Crippen LogP contribution in [0.4, 0.5) is 0 Å². The first-order chi connectivity index (χ1) is 7.15. The van der Waals surface area contributed by atoms with E-state index in [1.165, 1.54) is 0 Å². The lowest BCUT2D eigenvalue weighted by Crippen LogP contribution is -2.32. The second-order valence-electron chi connectivity index (χ2n) is 3.75. The van der Waals surface area contributed by atoms with Gasteiger partial charge in [0.25, 0.3) is 0 Å². The Kier molecular flexibility index (Phi) is 4.59. The molecule has 15 heavy (non-hydrogen) atoms. The zero-order valence-electron chi connectivity index (χ0n) is 9.62. The molecule has 0 amide bonds. The first-order valence-electron chi connectivity index (χ1n) is 5.08. The van der Waals surface area contributed by atoms with Crippen LogP contribution in [-0.2, 0) is 4.74 Å². The molecule has 0 aliphatic carbocycles. The molecule has 0 radical (unpaired) electrons. The van der Waals surface area contributed by atoms with E-state index in [4.69, 9.17) is 15.2 Å². The molecule has 2 N–H and O–H groups in total. The second kappa shape index (κ2) is 5.73. The van der Waals surface area contributed by atoms with Gasteiger partial charge in [-0.2, -0.15) is 0 Å². The molecule has 3 nitrogen and oxygen atoms in total. The predicted molar refractivity (Wildman–Crippen MR) is 61.3 cm³/mol. The fraction of sp³-hybridized carbons (Fsp3) is 0.500. The van der Waals surface area contributed by atoms with E-state index in [1.54, 1.807) is 7.11 Å². The Balaban J connectivity index is 2.57. The Morgan fingerprint density at radius 2 is 1.80 bits per heavy atom. The summed E-state index contributed by atoms with van der Waals surface area (Å²) < 4.78 is 10.6. The van der Waals surface area contributed by atoms with Crippen molar-refractivity contribution in [3.8, 4) is 5.75 Å². The zero-order valence-corrected chi connectivity index (χ0v) is 9.62. The van der Waals surface area contributed by atoms with Gasteiger partial charge in [-0.3, -0.25) is 0 Å². The highest BCUT2D eigenvalue weighted by Crippen LogP contribution is 2.22. The van der Waals surface area contributed by atoms with Crippen LogP contribution in [0.2, 0.25) is 0 Å². The van der Waals surface area contributed by atoms with E-state index >= 15 is 0 Å². The highest BCUT2D eigenvalue weighted by molar-refractivity contribution is 5.39. The van der Waals surface area contributed by atoms with E-state index in [0.717, 1.165) is 16.9 Å². The minimum atomic E-state index is -0.0750. The van der Waals surface area contributed by atoms with E-state index < -0.39 is 0 Å². The summed E-state index contributed by atoms with van der Waals surface area (Å²) in [6, 6.07) is 6.01. The molecule has 0 aromatic heterocycles. The van der Waals surface area contributed by atoms with E-state index in [9.17, 15) is 0 Å². The van der Waals surface area contributed by atoms with Crippen LogP contribution in [0.5, 0.6) is 5.75 Å². The molecule has 0 heterocycles.